The van der Waals surface area contributed by atoms with Gasteiger partial charge in [0, 0.05) is 34.8 Å². The second-order valence-corrected chi connectivity index (χ2v) is 11.9. The van der Waals surface area contributed by atoms with Gasteiger partial charge in [-0.05, 0) is 80.6 Å². The van der Waals surface area contributed by atoms with Gasteiger partial charge in [0.25, 0.3) is 0 Å². The Kier molecular flexibility index (Phi) is 6.03. The fourth-order valence-corrected chi connectivity index (χ4v) is 7.58. The van der Waals surface area contributed by atoms with Crippen LogP contribution in [-0.4, -0.2) is 11.6 Å². The summed E-state index contributed by atoms with van der Waals surface area (Å²) in [4.78, 5) is 37.9. The molecule has 3 aliphatic rings. The third-order valence-corrected chi connectivity index (χ3v) is 9.52. The lowest BCUT2D eigenvalue weighted by atomic mass is 9.43. The van der Waals surface area contributed by atoms with Gasteiger partial charge in [0.1, 0.15) is 11.5 Å². The van der Waals surface area contributed by atoms with Crippen LogP contribution in [0.2, 0.25) is 0 Å². The van der Waals surface area contributed by atoms with Crippen LogP contribution in [0.3, 0.4) is 0 Å². The first-order chi connectivity index (χ1) is 15.8. The van der Waals surface area contributed by atoms with Crippen molar-refractivity contribution in [1.82, 2.24) is 0 Å². The molecule has 0 aromatic carbocycles. The van der Waals surface area contributed by atoms with Crippen molar-refractivity contribution in [2.75, 3.05) is 0 Å². The first-order valence-electron chi connectivity index (χ1n) is 12.6. The highest BCUT2D eigenvalue weighted by atomic mass is 16.4. The Morgan fingerprint density at radius 3 is 2.41 bits per heavy atom. The molecule has 0 N–H and O–H groups in total. The van der Waals surface area contributed by atoms with Gasteiger partial charge in [0.15, 0.2) is 5.78 Å². The topological polar surface area (TPSA) is 64.3 Å². The molecule has 0 amide bonds. The van der Waals surface area contributed by atoms with Crippen LogP contribution in [0.1, 0.15) is 85.0 Å². The van der Waals surface area contributed by atoms with Crippen LogP contribution in [0.25, 0.3) is 5.57 Å². The maximum absolute atomic E-state index is 13.4. The number of rotatable bonds is 3. The highest BCUT2D eigenvalue weighted by Crippen LogP contribution is 2.68. The summed E-state index contributed by atoms with van der Waals surface area (Å²) >= 11 is 0. The molecule has 3 aliphatic carbocycles. The lowest BCUT2D eigenvalue weighted by molar-refractivity contribution is -0.154. The molecule has 1 heterocycles. The predicted molar refractivity (Wildman–Crippen MR) is 135 cm³/mol. The van der Waals surface area contributed by atoms with E-state index >= 15 is 0 Å². The average Bonchev–Trinajstić information content (AvgIpc) is 3.04. The monoisotopic (exact) mass is 462 g/mol. The zero-order chi connectivity index (χ0) is 25.1. The second-order valence-electron chi connectivity index (χ2n) is 11.9. The molecule has 1 aromatic rings. The standard InChI is InChI=1S/C30H38O4/c1-18(22-12-11-20(3)27(33)34-22)9-8-10-19(2)26-21(31)17-24-29(6)16-14-25(32)28(4,5)23(29)13-15-30(24,26)7/h8-12,23-24H,13-17H2,1-7H3/b10-8+,18-9+,26-19+/t23-,24-,29-,30-/m0/s1. The number of ketones is 2. The quantitative estimate of drug-likeness (QED) is 0.374. The van der Waals surface area contributed by atoms with E-state index in [1.807, 2.05) is 38.1 Å². The zero-order valence-corrected chi connectivity index (χ0v) is 21.7. The number of carbonyl (C=O) groups is 2. The summed E-state index contributed by atoms with van der Waals surface area (Å²) in [5.41, 5.74) is 2.64. The van der Waals surface area contributed by atoms with Gasteiger partial charge in [-0.3, -0.25) is 9.59 Å². The van der Waals surface area contributed by atoms with Gasteiger partial charge in [0.05, 0.1) is 0 Å². The molecular formula is C30H38O4. The van der Waals surface area contributed by atoms with Crippen LogP contribution >= 0.6 is 0 Å². The normalized spacial score (nSPS) is 34.9. The Bertz CT molecular complexity index is 1190. The minimum atomic E-state index is -0.320. The van der Waals surface area contributed by atoms with Crippen LogP contribution < -0.4 is 5.63 Å². The molecule has 1 aromatic heterocycles. The van der Waals surface area contributed by atoms with Crippen LogP contribution in [-0.2, 0) is 9.59 Å². The maximum atomic E-state index is 13.4. The molecule has 0 unspecified atom stereocenters. The lowest BCUT2D eigenvalue weighted by Crippen LogP contribution is -2.56. The summed E-state index contributed by atoms with van der Waals surface area (Å²) in [5.74, 6) is 1.80. The van der Waals surface area contributed by atoms with Crippen LogP contribution in [0, 0.1) is 35.0 Å². The molecule has 0 radical (unpaired) electrons. The van der Waals surface area contributed by atoms with E-state index in [0.717, 1.165) is 36.0 Å². The molecule has 0 spiro atoms. The fourth-order valence-electron chi connectivity index (χ4n) is 7.58. The minimum absolute atomic E-state index is 0.00525. The molecule has 0 aliphatic heterocycles. The van der Waals surface area contributed by atoms with E-state index in [2.05, 4.69) is 27.7 Å². The summed E-state index contributed by atoms with van der Waals surface area (Å²) in [6, 6.07) is 3.58. The number of carbonyl (C=O) groups excluding carboxylic acids is 2. The van der Waals surface area contributed by atoms with Gasteiger partial charge in [-0.15, -0.1) is 0 Å². The molecule has 3 fully saturated rings. The largest absolute Gasteiger partial charge is 0.423 e. The van der Waals surface area contributed by atoms with Gasteiger partial charge in [-0.2, -0.15) is 0 Å². The van der Waals surface area contributed by atoms with Gasteiger partial charge in [0.2, 0.25) is 0 Å². The highest BCUT2D eigenvalue weighted by Gasteiger charge is 2.64. The van der Waals surface area contributed by atoms with Crippen molar-refractivity contribution >= 4 is 17.1 Å². The van der Waals surface area contributed by atoms with Crippen LogP contribution in [0.15, 0.2) is 50.7 Å². The Labute approximate surface area is 203 Å². The van der Waals surface area contributed by atoms with Crippen LogP contribution in [0.4, 0.5) is 0 Å². The third-order valence-electron chi connectivity index (χ3n) is 9.52. The Morgan fingerprint density at radius 2 is 1.74 bits per heavy atom. The van der Waals surface area contributed by atoms with Crippen molar-refractivity contribution in [2.45, 2.75) is 80.6 Å². The van der Waals surface area contributed by atoms with Crippen molar-refractivity contribution < 1.29 is 14.0 Å². The molecule has 0 bridgehead atoms. The van der Waals surface area contributed by atoms with E-state index in [1.54, 1.807) is 13.0 Å². The number of hydrogen-bond acceptors (Lipinski definition) is 4. The first kappa shape index (κ1) is 24.6. The van der Waals surface area contributed by atoms with Crippen molar-refractivity contribution in [3.63, 3.8) is 0 Å². The molecule has 4 atom stereocenters. The first-order valence-corrected chi connectivity index (χ1v) is 12.6. The predicted octanol–water partition coefficient (Wildman–Crippen LogP) is 6.62. The van der Waals surface area contributed by atoms with E-state index in [1.165, 1.54) is 0 Å². The van der Waals surface area contributed by atoms with Gasteiger partial charge in [-0.1, -0.05) is 45.9 Å². The minimum Gasteiger partial charge on any atom is -0.423 e. The van der Waals surface area contributed by atoms with Gasteiger partial charge < -0.3 is 4.42 Å². The Hall–Kier alpha value is -2.49. The molecule has 182 valence electrons. The average molecular weight is 463 g/mol. The summed E-state index contributed by atoms with van der Waals surface area (Å²) in [7, 11) is 0. The fraction of sp³-hybridized carbons (Fsp3) is 0.567. The summed E-state index contributed by atoms with van der Waals surface area (Å²) in [6.45, 7) is 14.5. The summed E-state index contributed by atoms with van der Waals surface area (Å²) < 4.78 is 5.37. The molecular weight excluding hydrogens is 424 g/mol. The van der Waals surface area contributed by atoms with E-state index < -0.39 is 0 Å². The SMILES string of the molecule is CC(/C=C/C=C(\C)c1ccc(C)c(=O)o1)=C1/C(=O)C[C@H]2[C@@]3(C)CCC(=O)C(C)(C)[C@@H]3CC[C@]12C. The van der Waals surface area contributed by atoms with Crippen molar-refractivity contribution in [1.29, 1.82) is 0 Å². The number of Topliss-reactive ketones (excluding diaryl/α,β-unsaturated/α-hetero) is 2. The van der Waals surface area contributed by atoms with E-state index in [0.29, 0.717) is 35.9 Å². The van der Waals surface area contributed by atoms with E-state index in [-0.39, 0.29) is 33.6 Å². The summed E-state index contributed by atoms with van der Waals surface area (Å²) in [6.07, 6.45) is 9.90. The van der Waals surface area contributed by atoms with Crippen molar-refractivity contribution in [3.8, 4) is 0 Å². The van der Waals surface area contributed by atoms with E-state index in [4.69, 9.17) is 4.42 Å². The van der Waals surface area contributed by atoms with Crippen molar-refractivity contribution in [3.05, 3.63) is 63.3 Å². The Morgan fingerprint density at radius 1 is 1.03 bits per heavy atom. The lowest BCUT2D eigenvalue weighted by Gasteiger charge is -2.60. The zero-order valence-electron chi connectivity index (χ0n) is 21.7. The third kappa shape index (κ3) is 3.70. The maximum Gasteiger partial charge on any atom is 0.339 e. The number of allylic oxidation sites excluding steroid dienone is 6. The Balaban J connectivity index is 1.64. The summed E-state index contributed by atoms with van der Waals surface area (Å²) in [5, 5.41) is 0. The molecule has 34 heavy (non-hydrogen) atoms. The number of aryl methyl sites for hydroxylation is 1. The van der Waals surface area contributed by atoms with Crippen molar-refractivity contribution in [2.24, 2.45) is 28.1 Å². The van der Waals surface area contributed by atoms with Gasteiger partial charge in [-0.25, -0.2) is 4.79 Å². The smallest absolute Gasteiger partial charge is 0.339 e. The second kappa shape index (κ2) is 8.32. The molecule has 4 nitrogen and oxygen atoms in total. The van der Waals surface area contributed by atoms with Gasteiger partial charge >= 0.3 is 5.63 Å². The molecule has 0 saturated heterocycles. The molecule has 4 heteroatoms. The van der Waals surface area contributed by atoms with E-state index in [9.17, 15) is 14.4 Å². The number of hydrogen-bond donors (Lipinski definition) is 0. The molecule has 3 saturated carbocycles. The molecule has 4 rings (SSSR count). The highest BCUT2D eigenvalue weighted by molar-refractivity contribution is 6.01. The van der Waals surface area contributed by atoms with Crippen LogP contribution in [0.5, 0.6) is 0 Å². The number of fused-ring (bicyclic) bond motifs is 3.